The fraction of sp³-hybridized carbons (Fsp3) is 0.350. The van der Waals surface area contributed by atoms with Gasteiger partial charge >= 0.3 is 0 Å². The number of hydrogen-bond acceptors (Lipinski definition) is 3. The van der Waals surface area contributed by atoms with E-state index < -0.39 is 0 Å². The van der Waals surface area contributed by atoms with E-state index in [9.17, 15) is 9.59 Å². The number of carbonyl (C=O) groups excluding carboxylic acids is 2. The third kappa shape index (κ3) is 3.71. The van der Waals surface area contributed by atoms with Crippen LogP contribution in [0.4, 0.5) is 5.69 Å². The van der Waals surface area contributed by atoms with Crippen LogP contribution in [0, 0.1) is 6.92 Å². The predicted molar refractivity (Wildman–Crippen MR) is 97.9 cm³/mol. The summed E-state index contributed by atoms with van der Waals surface area (Å²) in [5, 5.41) is 2.99. The summed E-state index contributed by atoms with van der Waals surface area (Å²) in [7, 11) is 0. The molecule has 0 aliphatic carbocycles. The fourth-order valence-corrected chi connectivity index (χ4v) is 3.16. The van der Waals surface area contributed by atoms with Crippen molar-refractivity contribution in [2.24, 2.45) is 0 Å². The second kappa shape index (κ2) is 7.47. The van der Waals surface area contributed by atoms with Gasteiger partial charge in [0.15, 0.2) is 0 Å². The number of nitrogens with one attached hydrogen (secondary N) is 1. The van der Waals surface area contributed by atoms with E-state index in [1.54, 1.807) is 17.0 Å². The number of amides is 2. The van der Waals surface area contributed by atoms with Crippen LogP contribution in [-0.4, -0.2) is 34.8 Å². The minimum atomic E-state index is -0.220. The van der Waals surface area contributed by atoms with Crippen molar-refractivity contribution in [3.05, 3.63) is 58.9 Å². The zero-order valence-electron chi connectivity index (χ0n) is 14.7. The zero-order valence-corrected chi connectivity index (χ0v) is 14.7. The Kier molecular flexibility index (Phi) is 5.12. The molecule has 0 saturated carbocycles. The molecule has 0 atom stereocenters. The van der Waals surface area contributed by atoms with E-state index in [0.29, 0.717) is 11.3 Å². The highest BCUT2D eigenvalue weighted by molar-refractivity contribution is 6.06. The van der Waals surface area contributed by atoms with E-state index in [-0.39, 0.29) is 11.8 Å². The van der Waals surface area contributed by atoms with Gasteiger partial charge in [-0.25, -0.2) is 0 Å². The van der Waals surface area contributed by atoms with Crippen molar-refractivity contribution in [1.82, 2.24) is 9.88 Å². The molecular formula is C20H23N3O2. The first-order valence-electron chi connectivity index (χ1n) is 8.75. The van der Waals surface area contributed by atoms with Crippen LogP contribution in [0.25, 0.3) is 0 Å². The Morgan fingerprint density at radius 1 is 1.20 bits per heavy atom. The largest absolute Gasteiger partial charge is 0.337 e. The van der Waals surface area contributed by atoms with Crippen LogP contribution in [0.1, 0.15) is 51.7 Å². The Morgan fingerprint density at radius 2 is 1.96 bits per heavy atom. The Labute approximate surface area is 148 Å². The summed E-state index contributed by atoms with van der Waals surface area (Å²) in [6, 6.07) is 9.20. The summed E-state index contributed by atoms with van der Waals surface area (Å²) in [6.07, 6.45) is 4.42. The average molecular weight is 337 g/mol. The Hall–Kier alpha value is -2.69. The lowest BCUT2D eigenvalue weighted by atomic mass is 10.1. The van der Waals surface area contributed by atoms with Crippen molar-refractivity contribution in [3.8, 4) is 0 Å². The van der Waals surface area contributed by atoms with Gasteiger partial charge in [-0.2, -0.15) is 0 Å². The van der Waals surface area contributed by atoms with Crippen LogP contribution in [0.15, 0.2) is 36.5 Å². The Balaban J connectivity index is 1.81. The predicted octanol–water partition coefficient (Wildman–Crippen LogP) is 3.44. The second-order valence-corrected chi connectivity index (χ2v) is 6.35. The molecule has 5 heteroatoms. The quantitative estimate of drug-likeness (QED) is 0.929. The molecule has 0 radical (unpaired) electrons. The number of likely N-dealkylation sites (tertiary alicyclic amines) is 1. The highest BCUT2D eigenvalue weighted by atomic mass is 16.2. The molecule has 1 aromatic heterocycles. The summed E-state index contributed by atoms with van der Waals surface area (Å²) in [6.45, 7) is 5.56. The van der Waals surface area contributed by atoms with Gasteiger partial charge in [0.05, 0.1) is 0 Å². The monoisotopic (exact) mass is 337 g/mol. The lowest BCUT2D eigenvalue weighted by Crippen LogP contribution is -2.28. The topological polar surface area (TPSA) is 62.3 Å². The maximum absolute atomic E-state index is 12.7. The molecule has 130 valence electrons. The number of anilines is 1. The van der Waals surface area contributed by atoms with Crippen molar-refractivity contribution in [1.29, 1.82) is 0 Å². The van der Waals surface area contributed by atoms with Crippen molar-refractivity contribution in [3.63, 3.8) is 0 Å². The molecule has 1 saturated heterocycles. The number of nitrogens with zero attached hydrogens (tertiary/aromatic N) is 2. The van der Waals surface area contributed by atoms with Gasteiger partial charge in [-0.1, -0.05) is 25.1 Å². The van der Waals surface area contributed by atoms with Crippen LogP contribution < -0.4 is 5.32 Å². The van der Waals surface area contributed by atoms with Gasteiger partial charge in [-0.15, -0.1) is 0 Å². The average Bonchev–Trinajstić information content (AvgIpc) is 3.17. The number of carbonyl (C=O) groups is 2. The van der Waals surface area contributed by atoms with E-state index in [2.05, 4.69) is 17.2 Å². The van der Waals surface area contributed by atoms with Gasteiger partial charge in [0.2, 0.25) is 0 Å². The molecule has 0 unspecified atom stereocenters. The number of pyridine rings is 1. The molecule has 5 nitrogen and oxygen atoms in total. The number of aryl methyl sites for hydroxylation is 2. The van der Waals surface area contributed by atoms with Crippen LogP contribution in [0.5, 0.6) is 0 Å². The second-order valence-electron chi connectivity index (χ2n) is 6.35. The summed E-state index contributed by atoms with van der Waals surface area (Å²) in [5.74, 6) is -0.320. The van der Waals surface area contributed by atoms with Gasteiger partial charge in [0.25, 0.3) is 11.8 Å². The van der Waals surface area contributed by atoms with Crippen LogP contribution in [0.2, 0.25) is 0 Å². The molecule has 2 aromatic rings. The minimum Gasteiger partial charge on any atom is -0.337 e. The lowest BCUT2D eigenvalue weighted by molar-refractivity contribution is 0.0787. The fourth-order valence-electron chi connectivity index (χ4n) is 3.16. The van der Waals surface area contributed by atoms with Gasteiger partial charge in [0, 0.05) is 30.5 Å². The minimum absolute atomic E-state index is 0.0997. The van der Waals surface area contributed by atoms with Gasteiger partial charge < -0.3 is 10.2 Å². The highest BCUT2D eigenvalue weighted by Gasteiger charge is 2.21. The normalized spacial score (nSPS) is 13.8. The maximum atomic E-state index is 12.7. The number of benzene rings is 1. The number of rotatable bonds is 4. The number of para-hydroxylation sites is 1. The molecule has 1 aromatic carbocycles. The molecule has 1 aliphatic heterocycles. The van der Waals surface area contributed by atoms with Crippen molar-refractivity contribution in [2.75, 3.05) is 18.4 Å². The highest BCUT2D eigenvalue weighted by Crippen LogP contribution is 2.22. The third-order valence-corrected chi connectivity index (χ3v) is 4.61. The molecule has 3 rings (SSSR count). The SMILES string of the molecule is CCc1cccc(C)c1NC(=O)c1ccnc(C(=O)N2CCCC2)c1. The van der Waals surface area contributed by atoms with Gasteiger partial charge in [-0.05, 0) is 49.4 Å². The van der Waals surface area contributed by atoms with Crippen LogP contribution in [-0.2, 0) is 6.42 Å². The maximum Gasteiger partial charge on any atom is 0.272 e. The van der Waals surface area contributed by atoms with E-state index in [1.165, 1.54) is 6.20 Å². The molecule has 25 heavy (non-hydrogen) atoms. The Bertz CT molecular complexity index is 795. The standard InChI is InChI=1S/C20H23N3O2/c1-3-15-8-6-7-14(2)18(15)22-19(24)16-9-10-21-17(13-16)20(25)23-11-4-5-12-23/h6-10,13H,3-5,11-12H2,1-2H3,(H,22,24). The lowest BCUT2D eigenvalue weighted by Gasteiger charge is -2.15. The van der Waals surface area contributed by atoms with Gasteiger partial charge in [0.1, 0.15) is 5.69 Å². The van der Waals surface area contributed by atoms with Crippen molar-refractivity contribution >= 4 is 17.5 Å². The summed E-state index contributed by atoms with van der Waals surface area (Å²) >= 11 is 0. The smallest absolute Gasteiger partial charge is 0.272 e. The first-order chi connectivity index (χ1) is 12.1. The van der Waals surface area contributed by atoms with E-state index in [0.717, 1.165) is 49.2 Å². The van der Waals surface area contributed by atoms with Crippen molar-refractivity contribution in [2.45, 2.75) is 33.1 Å². The van der Waals surface area contributed by atoms with E-state index >= 15 is 0 Å². The summed E-state index contributed by atoms with van der Waals surface area (Å²) < 4.78 is 0. The van der Waals surface area contributed by atoms with E-state index in [1.807, 2.05) is 25.1 Å². The number of hydrogen-bond donors (Lipinski definition) is 1. The number of aromatic nitrogens is 1. The molecular weight excluding hydrogens is 314 g/mol. The summed E-state index contributed by atoms with van der Waals surface area (Å²) in [4.78, 5) is 31.1. The molecule has 2 amide bonds. The zero-order chi connectivity index (χ0) is 17.8. The first-order valence-corrected chi connectivity index (χ1v) is 8.75. The van der Waals surface area contributed by atoms with Gasteiger partial charge in [-0.3, -0.25) is 14.6 Å². The molecule has 1 N–H and O–H groups in total. The first kappa shape index (κ1) is 17.1. The van der Waals surface area contributed by atoms with Crippen LogP contribution in [0.3, 0.4) is 0 Å². The molecule has 0 bridgehead atoms. The molecule has 2 heterocycles. The van der Waals surface area contributed by atoms with Crippen LogP contribution >= 0.6 is 0 Å². The third-order valence-electron chi connectivity index (χ3n) is 4.61. The van der Waals surface area contributed by atoms with E-state index in [4.69, 9.17) is 0 Å². The van der Waals surface area contributed by atoms with Crippen molar-refractivity contribution < 1.29 is 9.59 Å². The Morgan fingerprint density at radius 3 is 2.68 bits per heavy atom. The molecule has 1 fully saturated rings. The summed E-state index contributed by atoms with van der Waals surface area (Å²) in [5.41, 5.74) is 3.74. The molecule has 1 aliphatic rings. The molecule has 0 spiro atoms.